The molecule has 0 atom stereocenters. The number of aliphatic hydroxyl groups is 1. The van der Waals surface area contributed by atoms with Gasteiger partial charge in [0.1, 0.15) is 0 Å². The number of hydrogen-bond acceptors (Lipinski definition) is 9. The predicted molar refractivity (Wildman–Crippen MR) is 226 cm³/mol. The zero-order valence-electron chi connectivity index (χ0n) is 32.4. The Hall–Kier alpha value is -3.59. The van der Waals surface area contributed by atoms with Gasteiger partial charge in [0.2, 0.25) is 0 Å². The van der Waals surface area contributed by atoms with Gasteiger partial charge in [-0.25, -0.2) is 9.59 Å². The van der Waals surface area contributed by atoms with Crippen molar-refractivity contribution in [3.8, 4) is 11.1 Å². The third kappa shape index (κ3) is 15.6. The van der Waals surface area contributed by atoms with Crippen LogP contribution in [0.1, 0.15) is 87.7 Å². The van der Waals surface area contributed by atoms with Crippen LogP contribution in [0.15, 0.2) is 97.1 Å². The quantitative estimate of drug-likeness (QED) is 0.0951. The van der Waals surface area contributed by atoms with Gasteiger partial charge in [0.25, 0.3) is 0 Å². The van der Waals surface area contributed by atoms with Crippen molar-refractivity contribution in [2.24, 2.45) is 0 Å². The van der Waals surface area contributed by atoms with E-state index in [9.17, 15) is 9.59 Å². The van der Waals surface area contributed by atoms with Crippen LogP contribution in [-0.2, 0) is 41.5 Å². The minimum absolute atomic E-state index is 0. The highest BCUT2D eigenvalue weighted by molar-refractivity contribution is 14.1. The van der Waals surface area contributed by atoms with Gasteiger partial charge >= 0.3 is 19.1 Å². The molecule has 54 heavy (non-hydrogen) atoms. The molecule has 0 saturated carbocycles. The number of esters is 2. The second-order valence-corrected chi connectivity index (χ2v) is 14.0. The number of benzene rings is 4. The molecule has 1 aliphatic rings. The molecule has 0 spiro atoms. The maximum atomic E-state index is 11.6. The lowest BCUT2D eigenvalue weighted by molar-refractivity contribution is 0.00578. The molecule has 11 heteroatoms. The summed E-state index contributed by atoms with van der Waals surface area (Å²) in [6.45, 7) is 15.8. The van der Waals surface area contributed by atoms with Crippen molar-refractivity contribution in [1.82, 2.24) is 0 Å². The van der Waals surface area contributed by atoms with Gasteiger partial charge < -0.3 is 33.4 Å². The fourth-order valence-electron chi connectivity index (χ4n) is 4.69. The molecule has 294 valence electrons. The van der Waals surface area contributed by atoms with Crippen LogP contribution in [0.25, 0.3) is 11.1 Å². The van der Waals surface area contributed by atoms with Crippen LogP contribution in [0.3, 0.4) is 0 Å². The van der Waals surface area contributed by atoms with Crippen LogP contribution in [0, 0.1) is 3.57 Å². The predicted octanol–water partition coefficient (Wildman–Crippen LogP) is 8.91. The molecule has 4 aromatic carbocycles. The molecule has 0 bridgehead atoms. The summed E-state index contributed by atoms with van der Waals surface area (Å²) in [5.41, 5.74) is 6.13. The fourth-order valence-corrected chi connectivity index (χ4v) is 5.05. The van der Waals surface area contributed by atoms with E-state index in [-0.39, 0.29) is 44.3 Å². The summed E-state index contributed by atoms with van der Waals surface area (Å²) in [6, 6.07) is 31.1. The summed E-state index contributed by atoms with van der Waals surface area (Å²) in [6.07, 6.45) is 0. The summed E-state index contributed by atoms with van der Waals surface area (Å²) in [5.74, 6) is -0.539. The van der Waals surface area contributed by atoms with Crippen molar-refractivity contribution in [2.45, 2.75) is 80.3 Å². The number of ether oxygens (including phenoxy) is 4. The average molecular weight is 857 g/mol. The van der Waals surface area contributed by atoms with Crippen LogP contribution in [0.4, 0.5) is 0 Å². The molecule has 1 saturated heterocycles. The molecule has 1 N–H and O–H groups in total. The van der Waals surface area contributed by atoms with E-state index in [4.69, 9.17) is 33.4 Å². The highest BCUT2D eigenvalue weighted by atomic mass is 127. The molecular formula is C43H58BIO9. The molecule has 0 radical (unpaired) electrons. The maximum Gasteiger partial charge on any atom is 0.494 e. The van der Waals surface area contributed by atoms with Crippen molar-refractivity contribution in [3.05, 3.63) is 123 Å². The largest absolute Gasteiger partial charge is 0.494 e. The third-order valence-electron chi connectivity index (χ3n) is 8.17. The Kier molecular flexibility index (Phi) is 22.2. The van der Waals surface area contributed by atoms with Gasteiger partial charge in [-0.05, 0) is 135 Å². The van der Waals surface area contributed by atoms with E-state index in [0.717, 1.165) is 31.3 Å². The van der Waals surface area contributed by atoms with E-state index in [0.29, 0.717) is 37.6 Å². The Labute approximate surface area is 337 Å². The van der Waals surface area contributed by atoms with Crippen LogP contribution >= 0.6 is 22.6 Å². The number of halogens is 1. The minimum atomic E-state index is -0.289. The van der Waals surface area contributed by atoms with Gasteiger partial charge in [0.15, 0.2) is 0 Å². The summed E-state index contributed by atoms with van der Waals surface area (Å²) >= 11 is 2.19. The Bertz CT molecular complexity index is 1620. The normalized spacial score (nSPS) is 13.4. The smallest absolute Gasteiger partial charge is 0.462 e. The molecule has 1 heterocycles. The lowest BCUT2D eigenvalue weighted by Gasteiger charge is -2.32. The molecule has 0 aromatic heterocycles. The number of carbonyl (C=O) groups is 2. The number of methoxy groups -OCH3 is 2. The van der Waals surface area contributed by atoms with E-state index in [2.05, 4.69) is 50.3 Å². The number of carbonyl (C=O) groups excluding carboxylic acids is 2. The van der Waals surface area contributed by atoms with E-state index in [1.165, 1.54) is 0 Å². The van der Waals surface area contributed by atoms with Crippen molar-refractivity contribution in [2.75, 3.05) is 34.0 Å². The van der Waals surface area contributed by atoms with E-state index in [1.54, 1.807) is 59.3 Å². The Morgan fingerprint density at radius 1 is 0.630 bits per heavy atom. The zero-order valence-corrected chi connectivity index (χ0v) is 34.6. The van der Waals surface area contributed by atoms with Crippen molar-refractivity contribution >= 4 is 47.1 Å². The fraction of sp³-hybridized carbons (Fsp3) is 0.395. The second kappa shape index (κ2) is 24.7. The van der Waals surface area contributed by atoms with Crippen molar-refractivity contribution < 1.29 is 43.0 Å². The molecule has 1 fully saturated rings. The molecule has 9 nitrogen and oxygen atoms in total. The Morgan fingerprint density at radius 2 is 0.963 bits per heavy atom. The first-order valence-electron chi connectivity index (χ1n) is 17.6. The van der Waals surface area contributed by atoms with Crippen LogP contribution in [-0.4, -0.2) is 69.4 Å². The van der Waals surface area contributed by atoms with E-state index >= 15 is 0 Å². The van der Waals surface area contributed by atoms with E-state index in [1.807, 2.05) is 72.8 Å². The Morgan fingerprint density at radius 3 is 1.31 bits per heavy atom. The van der Waals surface area contributed by atoms with Crippen molar-refractivity contribution in [3.63, 3.8) is 0 Å². The Balaban J connectivity index is 0.000000397. The first kappa shape index (κ1) is 48.4. The minimum Gasteiger partial charge on any atom is -0.462 e. The third-order valence-corrected chi connectivity index (χ3v) is 8.88. The van der Waals surface area contributed by atoms with Gasteiger partial charge in [-0.3, -0.25) is 0 Å². The van der Waals surface area contributed by atoms with Gasteiger partial charge in [-0.2, -0.15) is 0 Å². The van der Waals surface area contributed by atoms with Gasteiger partial charge in [0, 0.05) is 24.4 Å². The molecular weight excluding hydrogens is 798 g/mol. The molecule has 5 rings (SSSR count). The summed E-state index contributed by atoms with van der Waals surface area (Å²) in [7, 11) is 3.09. The molecule has 0 aliphatic carbocycles. The number of hydrogen-bond donors (Lipinski definition) is 1. The summed E-state index contributed by atoms with van der Waals surface area (Å²) in [5, 5.41) is 7.57. The lowest BCUT2D eigenvalue weighted by atomic mass is 9.79. The van der Waals surface area contributed by atoms with Gasteiger partial charge in [-0.15, -0.1) is 0 Å². The number of rotatable bonds is 10. The molecule has 0 unspecified atom stereocenters. The summed E-state index contributed by atoms with van der Waals surface area (Å²) in [4.78, 5) is 22.7. The summed E-state index contributed by atoms with van der Waals surface area (Å²) < 4.78 is 33.1. The number of aliphatic hydroxyl groups excluding tert-OH is 1. The second-order valence-electron chi connectivity index (χ2n) is 12.7. The maximum absolute atomic E-state index is 11.6. The topological polar surface area (TPSA) is 110 Å². The standard InChI is InChI=1S/C17H18O3.C14H21BO3.C9H9IO2.C2H6O.CH4/c1-3-20-17(18)16-10-8-15(9-11-16)14-6-4-13(5-7-14)12-19-2;1-13(2)14(3,4)18-15(17-13)12-8-6-11(7-9-12)10-16-5;1-2-12-9(11)7-3-5-8(10)6-4-7;1-2-3;/h4-11H,3,12H2,1-2H3;6-9H,10H2,1-5H3;3-6H,2H2,1H3;3H,2H2,1H3;1H4. The van der Waals surface area contributed by atoms with Gasteiger partial charge in [-0.1, -0.05) is 68.1 Å². The lowest BCUT2D eigenvalue weighted by Crippen LogP contribution is -2.41. The monoisotopic (exact) mass is 856 g/mol. The SMILES string of the molecule is C.CCO.CCOC(=O)c1ccc(-c2ccc(COC)cc2)cc1.CCOC(=O)c1ccc(I)cc1.COCc1ccc(B2OC(C)(C)C(C)(C)O2)cc1. The molecule has 0 amide bonds. The van der Waals surface area contributed by atoms with Crippen LogP contribution < -0.4 is 5.46 Å². The first-order chi connectivity index (χ1) is 25.2. The molecule has 1 aliphatic heterocycles. The average Bonchev–Trinajstić information content (AvgIpc) is 3.36. The van der Waals surface area contributed by atoms with Crippen LogP contribution in [0.5, 0.6) is 0 Å². The van der Waals surface area contributed by atoms with Crippen molar-refractivity contribution in [1.29, 1.82) is 0 Å². The first-order valence-corrected chi connectivity index (χ1v) is 18.7. The zero-order chi connectivity index (χ0) is 39.4. The molecule has 4 aromatic rings. The highest BCUT2D eigenvalue weighted by Gasteiger charge is 2.51. The van der Waals surface area contributed by atoms with E-state index < -0.39 is 0 Å². The van der Waals surface area contributed by atoms with Crippen LogP contribution in [0.2, 0.25) is 0 Å². The van der Waals surface area contributed by atoms with Gasteiger partial charge in [0.05, 0.1) is 48.8 Å². The highest BCUT2D eigenvalue weighted by Crippen LogP contribution is 2.36.